The second-order valence-corrected chi connectivity index (χ2v) is 7.56. The van der Waals surface area contributed by atoms with Gasteiger partial charge in [0, 0.05) is 33.4 Å². The predicted octanol–water partition coefficient (Wildman–Crippen LogP) is 6.91. The van der Waals surface area contributed by atoms with Crippen molar-refractivity contribution < 1.29 is 9.53 Å². The molecule has 0 aliphatic rings. The average Bonchev–Trinajstić information content (AvgIpc) is 2.74. The van der Waals surface area contributed by atoms with Gasteiger partial charge in [0.1, 0.15) is 5.75 Å². The third kappa shape index (κ3) is 4.95. The Bertz CT molecular complexity index is 1240. The molecule has 0 atom stereocenters. The Morgan fingerprint density at radius 3 is 2.42 bits per heavy atom. The molecule has 0 spiro atoms. The highest BCUT2D eigenvalue weighted by molar-refractivity contribution is 6.30. The summed E-state index contributed by atoms with van der Waals surface area (Å²) in [5, 5.41) is 7.22. The number of nitrogens with one attached hydrogen (secondary N) is 2. The van der Waals surface area contributed by atoms with Gasteiger partial charge in [-0.2, -0.15) is 0 Å². The topological polar surface area (TPSA) is 63.2 Å². The Morgan fingerprint density at radius 1 is 0.968 bits per heavy atom. The van der Waals surface area contributed by atoms with Crippen LogP contribution in [0.15, 0.2) is 72.8 Å². The molecule has 31 heavy (non-hydrogen) atoms. The minimum atomic E-state index is -0.311. The zero-order valence-electron chi connectivity index (χ0n) is 17.3. The molecule has 2 amide bonds. The number of nitrogens with zero attached hydrogens (tertiary/aromatic N) is 1. The summed E-state index contributed by atoms with van der Waals surface area (Å²) in [5.41, 5.74) is 4.99. The summed E-state index contributed by atoms with van der Waals surface area (Å²) in [7, 11) is 0. The maximum Gasteiger partial charge on any atom is 0.323 e. The van der Waals surface area contributed by atoms with E-state index in [1.54, 1.807) is 0 Å². The molecule has 0 aliphatic heterocycles. The third-order valence-corrected chi connectivity index (χ3v) is 5.00. The molecule has 1 heterocycles. The van der Waals surface area contributed by atoms with Crippen LogP contribution in [0.4, 0.5) is 16.2 Å². The highest BCUT2D eigenvalue weighted by Crippen LogP contribution is 2.32. The molecular weight excluding hydrogens is 410 g/mol. The van der Waals surface area contributed by atoms with Crippen LogP contribution in [-0.2, 0) is 0 Å². The maximum atomic E-state index is 12.4. The van der Waals surface area contributed by atoms with Crippen LogP contribution in [0.3, 0.4) is 0 Å². The molecule has 0 saturated carbocycles. The minimum absolute atomic E-state index is 0.311. The predicted molar refractivity (Wildman–Crippen MR) is 127 cm³/mol. The van der Waals surface area contributed by atoms with Gasteiger partial charge in [-0.3, -0.25) is 0 Å². The van der Waals surface area contributed by atoms with Crippen molar-refractivity contribution in [2.75, 3.05) is 17.2 Å². The number of aryl methyl sites for hydroxylation is 1. The van der Waals surface area contributed by atoms with Crippen LogP contribution in [0.1, 0.15) is 12.5 Å². The average molecular weight is 432 g/mol. The Kier molecular flexibility index (Phi) is 6.05. The van der Waals surface area contributed by atoms with E-state index < -0.39 is 0 Å². The number of ether oxygens (including phenoxy) is 1. The first-order valence-electron chi connectivity index (χ1n) is 10.00. The van der Waals surface area contributed by atoms with Crippen molar-refractivity contribution in [1.82, 2.24) is 4.98 Å². The van der Waals surface area contributed by atoms with Crippen LogP contribution in [0, 0.1) is 6.92 Å². The molecule has 0 fully saturated rings. The van der Waals surface area contributed by atoms with Crippen LogP contribution >= 0.6 is 11.6 Å². The number of urea groups is 1. The highest BCUT2D eigenvalue weighted by atomic mass is 35.5. The van der Waals surface area contributed by atoms with Gasteiger partial charge in [-0.1, -0.05) is 35.9 Å². The zero-order chi connectivity index (χ0) is 21.8. The third-order valence-electron chi connectivity index (χ3n) is 4.74. The number of fused-ring (bicyclic) bond motifs is 1. The Hall–Kier alpha value is -3.57. The van der Waals surface area contributed by atoms with Crippen LogP contribution in [-0.4, -0.2) is 17.6 Å². The molecular formula is C25H22ClN3O2. The normalized spacial score (nSPS) is 10.7. The number of halogens is 1. The van der Waals surface area contributed by atoms with Crippen LogP contribution in [0.2, 0.25) is 5.02 Å². The molecule has 0 radical (unpaired) electrons. The van der Waals surface area contributed by atoms with Gasteiger partial charge in [0.2, 0.25) is 0 Å². The number of rotatable bonds is 5. The molecule has 6 heteroatoms. The van der Waals surface area contributed by atoms with Gasteiger partial charge in [0.05, 0.1) is 17.8 Å². The number of hydrogen-bond acceptors (Lipinski definition) is 3. The van der Waals surface area contributed by atoms with Crippen molar-refractivity contribution in [3.63, 3.8) is 0 Å². The zero-order valence-corrected chi connectivity index (χ0v) is 18.0. The van der Waals surface area contributed by atoms with E-state index in [0.717, 1.165) is 33.4 Å². The van der Waals surface area contributed by atoms with Crippen LogP contribution < -0.4 is 15.4 Å². The van der Waals surface area contributed by atoms with E-state index in [0.29, 0.717) is 23.1 Å². The SMILES string of the molecule is CCOc1cc(-c2ccc(Cl)cc2)nc2ccc(NC(=O)Nc3cccc(C)c3)cc12. The fourth-order valence-electron chi connectivity index (χ4n) is 3.33. The largest absolute Gasteiger partial charge is 0.493 e. The van der Waals surface area contributed by atoms with Crippen LogP contribution in [0.25, 0.3) is 22.2 Å². The van der Waals surface area contributed by atoms with E-state index in [4.69, 9.17) is 21.3 Å². The summed E-state index contributed by atoms with van der Waals surface area (Å²) in [6.45, 7) is 4.43. The van der Waals surface area contributed by atoms with E-state index in [-0.39, 0.29) is 6.03 Å². The number of hydrogen-bond donors (Lipinski definition) is 2. The molecule has 0 bridgehead atoms. The Morgan fingerprint density at radius 2 is 1.71 bits per heavy atom. The van der Waals surface area contributed by atoms with Gasteiger partial charge in [0.25, 0.3) is 0 Å². The van der Waals surface area contributed by atoms with Crippen molar-refractivity contribution in [3.05, 3.63) is 83.4 Å². The number of amides is 2. The molecule has 0 unspecified atom stereocenters. The monoisotopic (exact) mass is 431 g/mol. The van der Waals surface area contributed by atoms with Crippen molar-refractivity contribution in [2.24, 2.45) is 0 Å². The van der Waals surface area contributed by atoms with E-state index in [1.165, 1.54) is 0 Å². The number of carbonyl (C=O) groups excluding carboxylic acids is 1. The minimum Gasteiger partial charge on any atom is -0.493 e. The summed E-state index contributed by atoms with van der Waals surface area (Å²) < 4.78 is 5.88. The first-order valence-corrected chi connectivity index (χ1v) is 10.4. The highest BCUT2D eigenvalue weighted by Gasteiger charge is 2.11. The summed E-state index contributed by atoms with van der Waals surface area (Å²) in [6, 6.07) is 22.3. The Balaban J connectivity index is 1.63. The van der Waals surface area contributed by atoms with Gasteiger partial charge in [-0.15, -0.1) is 0 Å². The standard InChI is InChI=1S/C25H22ClN3O2/c1-3-31-24-15-23(17-7-9-18(26)10-8-17)29-22-12-11-20(14-21(22)24)28-25(30)27-19-6-4-5-16(2)13-19/h4-15H,3H2,1-2H3,(H2,27,28,30). The van der Waals surface area contributed by atoms with E-state index in [1.807, 2.05) is 86.6 Å². The van der Waals surface area contributed by atoms with Crippen molar-refractivity contribution in [1.29, 1.82) is 0 Å². The molecule has 1 aromatic heterocycles. The summed E-state index contributed by atoms with van der Waals surface area (Å²) in [5.74, 6) is 0.709. The number of aromatic nitrogens is 1. The fourth-order valence-corrected chi connectivity index (χ4v) is 3.46. The molecule has 156 valence electrons. The van der Waals surface area contributed by atoms with Gasteiger partial charge in [0.15, 0.2) is 0 Å². The molecule has 0 saturated heterocycles. The first kappa shape index (κ1) is 20.7. The lowest BCUT2D eigenvalue weighted by atomic mass is 10.1. The number of pyridine rings is 1. The van der Waals surface area contributed by atoms with Gasteiger partial charge < -0.3 is 15.4 Å². The molecule has 4 rings (SSSR count). The fraction of sp³-hybridized carbons (Fsp3) is 0.120. The van der Waals surface area contributed by atoms with Crippen LogP contribution in [0.5, 0.6) is 5.75 Å². The van der Waals surface area contributed by atoms with E-state index in [2.05, 4.69) is 10.6 Å². The van der Waals surface area contributed by atoms with Gasteiger partial charge in [-0.05, 0) is 61.9 Å². The van der Waals surface area contributed by atoms with Gasteiger partial charge >= 0.3 is 6.03 Å². The molecule has 2 N–H and O–H groups in total. The van der Waals surface area contributed by atoms with Crippen molar-refractivity contribution >= 4 is 39.9 Å². The van der Waals surface area contributed by atoms with Crippen molar-refractivity contribution in [2.45, 2.75) is 13.8 Å². The van der Waals surface area contributed by atoms with E-state index in [9.17, 15) is 4.79 Å². The summed E-state index contributed by atoms with van der Waals surface area (Å²) >= 11 is 6.01. The lowest BCUT2D eigenvalue weighted by Gasteiger charge is -2.13. The number of benzene rings is 3. The summed E-state index contributed by atoms with van der Waals surface area (Å²) in [6.07, 6.45) is 0. The van der Waals surface area contributed by atoms with E-state index >= 15 is 0 Å². The second kappa shape index (κ2) is 9.06. The number of carbonyl (C=O) groups is 1. The number of anilines is 2. The molecule has 4 aromatic rings. The lowest BCUT2D eigenvalue weighted by Crippen LogP contribution is -2.19. The Labute approximate surface area is 186 Å². The maximum absolute atomic E-state index is 12.4. The smallest absolute Gasteiger partial charge is 0.323 e. The second-order valence-electron chi connectivity index (χ2n) is 7.13. The quantitative estimate of drug-likeness (QED) is 0.361. The molecule has 5 nitrogen and oxygen atoms in total. The lowest BCUT2D eigenvalue weighted by molar-refractivity contribution is 0.262. The molecule has 0 aliphatic carbocycles. The molecule has 3 aromatic carbocycles. The van der Waals surface area contributed by atoms with Crippen molar-refractivity contribution in [3.8, 4) is 17.0 Å². The first-order chi connectivity index (χ1) is 15.0. The van der Waals surface area contributed by atoms with Gasteiger partial charge in [-0.25, -0.2) is 9.78 Å². The summed E-state index contributed by atoms with van der Waals surface area (Å²) in [4.78, 5) is 17.2.